The van der Waals surface area contributed by atoms with E-state index in [0.29, 0.717) is 12.2 Å². The summed E-state index contributed by atoms with van der Waals surface area (Å²) in [5.74, 6) is 0.541. The Bertz CT molecular complexity index is 749. The third-order valence-corrected chi connectivity index (χ3v) is 3.81. The van der Waals surface area contributed by atoms with Crippen molar-refractivity contribution in [2.45, 2.75) is 19.4 Å². The van der Waals surface area contributed by atoms with Crippen LogP contribution in [0.1, 0.15) is 30.5 Å². The van der Waals surface area contributed by atoms with Crippen molar-refractivity contribution in [3.8, 4) is 5.75 Å². The topological polar surface area (TPSA) is 29.5 Å². The summed E-state index contributed by atoms with van der Waals surface area (Å²) in [4.78, 5) is 14.2. The van der Waals surface area contributed by atoms with Crippen LogP contribution < -0.4 is 4.74 Å². The molecule has 1 aliphatic heterocycles. The Hall–Kier alpha value is -2.81. The zero-order valence-corrected chi connectivity index (χ0v) is 13.1. The highest BCUT2D eigenvalue weighted by Crippen LogP contribution is 2.35. The van der Waals surface area contributed by atoms with Crippen LogP contribution in [-0.4, -0.2) is 11.0 Å². The average Bonchev–Trinajstić information content (AvgIpc) is 2.55. The summed E-state index contributed by atoms with van der Waals surface area (Å²) in [5, 5.41) is 0. The van der Waals surface area contributed by atoms with E-state index < -0.39 is 0 Å². The maximum absolute atomic E-state index is 12.6. The normalized spacial score (nSPS) is 15.9. The Morgan fingerprint density at radius 1 is 1.13 bits per heavy atom. The highest BCUT2D eigenvalue weighted by molar-refractivity contribution is 5.75. The van der Waals surface area contributed by atoms with Gasteiger partial charge in [-0.2, -0.15) is 0 Å². The molecule has 0 fully saturated rings. The molecule has 0 N–H and O–H groups in total. The number of benzene rings is 2. The molecule has 1 heterocycles. The van der Waals surface area contributed by atoms with Crippen molar-refractivity contribution >= 4 is 12.2 Å². The molecule has 0 saturated carbocycles. The number of hydrogen-bond donors (Lipinski definition) is 0. The molecule has 116 valence electrons. The number of nitrogens with zero attached hydrogens (tertiary/aromatic N) is 1. The highest BCUT2D eigenvalue weighted by Gasteiger charge is 2.29. The van der Waals surface area contributed by atoms with Gasteiger partial charge in [-0.15, -0.1) is 6.58 Å². The minimum Gasteiger partial charge on any atom is -0.410 e. The minimum absolute atomic E-state index is 0.0927. The second-order valence-electron chi connectivity index (χ2n) is 5.71. The number of ether oxygens (including phenoxy) is 1. The van der Waals surface area contributed by atoms with Gasteiger partial charge in [-0.1, -0.05) is 48.0 Å². The second-order valence-corrected chi connectivity index (χ2v) is 5.71. The first-order valence-electron chi connectivity index (χ1n) is 7.62. The molecule has 0 spiro atoms. The van der Waals surface area contributed by atoms with Gasteiger partial charge in [0.25, 0.3) is 0 Å². The summed E-state index contributed by atoms with van der Waals surface area (Å²) >= 11 is 0. The van der Waals surface area contributed by atoms with Crippen molar-refractivity contribution in [3.05, 3.63) is 84.1 Å². The number of carbonyl (C=O) groups is 1. The van der Waals surface area contributed by atoms with Gasteiger partial charge in [-0.25, -0.2) is 4.79 Å². The van der Waals surface area contributed by atoms with Gasteiger partial charge in [0, 0.05) is 6.20 Å². The van der Waals surface area contributed by atoms with Crippen molar-refractivity contribution in [1.82, 2.24) is 4.90 Å². The molecule has 2 aromatic rings. The molecule has 0 aliphatic carbocycles. The Balaban J connectivity index is 1.88. The van der Waals surface area contributed by atoms with Crippen molar-refractivity contribution in [2.75, 3.05) is 0 Å². The van der Waals surface area contributed by atoms with Gasteiger partial charge < -0.3 is 4.74 Å². The van der Waals surface area contributed by atoms with E-state index in [0.717, 1.165) is 16.7 Å². The van der Waals surface area contributed by atoms with E-state index in [4.69, 9.17) is 4.74 Å². The van der Waals surface area contributed by atoms with Gasteiger partial charge in [-0.05, 0) is 42.7 Å². The molecule has 2 aromatic carbocycles. The van der Waals surface area contributed by atoms with E-state index >= 15 is 0 Å². The first-order chi connectivity index (χ1) is 11.1. The Morgan fingerprint density at radius 2 is 1.83 bits per heavy atom. The van der Waals surface area contributed by atoms with Crippen molar-refractivity contribution in [2.24, 2.45) is 0 Å². The molecule has 0 aromatic heterocycles. The lowest BCUT2D eigenvalue weighted by Gasteiger charge is -2.32. The van der Waals surface area contributed by atoms with Crippen LogP contribution in [0.25, 0.3) is 6.08 Å². The zero-order valence-electron chi connectivity index (χ0n) is 13.1. The smallest absolute Gasteiger partial charge is 0.410 e. The lowest BCUT2D eigenvalue weighted by atomic mass is 9.92. The molecule has 1 atom stereocenters. The molecule has 3 nitrogen and oxygen atoms in total. The van der Waals surface area contributed by atoms with Gasteiger partial charge in [0.05, 0.1) is 6.04 Å². The fourth-order valence-electron chi connectivity index (χ4n) is 2.75. The first kappa shape index (κ1) is 15.1. The monoisotopic (exact) mass is 305 g/mol. The fourth-order valence-corrected chi connectivity index (χ4v) is 2.75. The molecule has 23 heavy (non-hydrogen) atoms. The van der Waals surface area contributed by atoms with Crippen LogP contribution in [0.4, 0.5) is 4.79 Å². The maximum Gasteiger partial charge on any atom is 0.419 e. The van der Waals surface area contributed by atoms with E-state index in [1.54, 1.807) is 23.2 Å². The largest absolute Gasteiger partial charge is 0.419 e. The molecular formula is C20H19NO2. The Kier molecular flexibility index (Phi) is 4.29. The number of fused-ring (bicyclic) bond motifs is 1. The number of hydrogen-bond acceptors (Lipinski definition) is 2. The predicted molar refractivity (Wildman–Crippen MR) is 92.0 cm³/mol. The van der Waals surface area contributed by atoms with Crippen molar-refractivity contribution < 1.29 is 9.53 Å². The van der Waals surface area contributed by atoms with Crippen LogP contribution >= 0.6 is 0 Å². The molecule has 1 amide bonds. The van der Waals surface area contributed by atoms with Crippen molar-refractivity contribution in [3.63, 3.8) is 0 Å². The van der Waals surface area contributed by atoms with Gasteiger partial charge in [-0.3, -0.25) is 4.90 Å². The maximum atomic E-state index is 12.6. The van der Waals surface area contributed by atoms with Gasteiger partial charge in [0.15, 0.2) is 0 Å². The van der Waals surface area contributed by atoms with E-state index in [2.05, 4.69) is 18.7 Å². The van der Waals surface area contributed by atoms with Gasteiger partial charge in [0.1, 0.15) is 5.75 Å². The van der Waals surface area contributed by atoms with Crippen LogP contribution in [0.15, 0.2) is 72.9 Å². The van der Waals surface area contributed by atoms with Gasteiger partial charge >= 0.3 is 6.09 Å². The lowest BCUT2D eigenvalue weighted by molar-refractivity contribution is 0.154. The van der Waals surface area contributed by atoms with Gasteiger partial charge in [0.2, 0.25) is 0 Å². The Morgan fingerprint density at radius 3 is 2.57 bits per heavy atom. The Labute approximate surface area is 136 Å². The number of para-hydroxylation sites is 1. The summed E-state index contributed by atoms with van der Waals surface area (Å²) in [5.41, 5.74) is 3.27. The average molecular weight is 305 g/mol. The molecule has 3 rings (SSSR count). The van der Waals surface area contributed by atoms with E-state index in [1.165, 1.54) is 0 Å². The summed E-state index contributed by atoms with van der Waals surface area (Å²) < 4.78 is 5.49. The van der Waals surface area contributed by atoms with Crippen LogP contribution in [0.5, 0.6) is 5.75 Å². The standard InChI is InChI=1S/C20H19NO2/c1-15(2)14-19-18-11-7-6-8-16(18)12-13-21(19)20(22)23-17-9-4-3-5-10-17/h3-13,19H,1,14H2,2H3. The van der Waals surface area contributed by atoms with Crippen LogP contribution in [0, 0.1) is 0 Å². The summed E-state index contributed by atoms with van der Waals surface area (Å²) in [7, 11) is 0. The molecule has 0 radical (unpaired) electrons. The summed E-state index contributed by atoms with van der Waals surface area (Å²) in [6.07, 6.45) is 4.05. The van der Waals surface area contributed by atoms with Crippen LogP contribution in [0.2, 0.25) is 0 Å². The molecule has 0 saturated heterocycles. The van der Waals surface area contributed by atoms with E-state index in [1.807, 2.05) is 43.3 Å². The first-order valence-corrected chi connectivity index (χ1v) is 7.62. The summed E-state index contributed by atoms with van der Waals surface area (Å²) in [6, 6.07) is 17.1. The molecule has 3 heteroatoms. The van der Waals surface area contributed by atoms with Crippen LogP contribution in [0.3, 0.4) is 0 Å². The third kappa shape index (κ3) is 3.34. The molecule has 1 aliphatic rings. The third-order valence-electron chi connectivity index (χ3n) is 3.81. The quantitative estimate of drug-likeness (QED) is 0.731. The number of amides is 1. The second kappa shape index (κ2) is 6.53. The number of rotatable bonds is 3. The lowest BCUT2D eigenvalue weighted by Crippen LogP contribution is -2.34. The molecule has 1 unspecified atom stereocenters. The SMILES string of the molecule is C=C(C)CC1c2ccccc2C=CN1C(=O)Oc1ccccc1. The predicted octanol–water partition coefficient (Wildman–Crippen LogP) is 5.18. The summed E-state index contributed by atoms with van der Waals surface area (Å²) in [6.45, 7) is 5.97. The molecular weight excluding hydrogens is 286 g/mol. The van der Waals surface area contributed by atoms with E-state index in [9.17, 15) is 4.79 Å². The zero-order chi connectivity index (χ0) is 16.2. The van der Waals surface area contributed by atoms with Crippen LogP contribution in [-0.2, 0) is 0 Å². The molecule has 0 bridgehead atoms. The number of carbonyl (C=O) groups excluding carboxylic acids is 1. The highest BCUT2D eigenvalue weighted by atomic mass is 16.6. The van der Waals surface area contributed by atoms with Crippen molar-refractivity contribution in [1.29, 1.82) is 0 Å². The van der Waals surface area contributed by atoms with E-state index in [-0.39, 0.29) is 12.1 Å². The minimum atomic E-state index is -0.381. The fraction of sp³-hybridized carbons (Fsp3) is 0.150.